The maximum atomic E-state index is 9.25. The standard InChI is InChI=1S/C10H13NO2/c1-13-10-4-8(12)2-3-9(10)7-5-11-6-7/h2-4,7,11-12H,5-6H2,1H3. The van der Waals surface area contributed by atoms with E-state index in [1.807, 2.05) is 6.07 Å². The van der Waals surface area contributed by atoms with E-state index in [-0.39, 0.29) is 5.75 Å². The van der Waals surface area contributed by atoms with Crippen LogP contribution in [-0.4, -0.2) is 25.3 Å². The minimum absolute atomic E-state index is 0.257. The van der Waals surface area contributed by atoms with Gasteiger partial charge in [0.2, 0.25) is 0 Å². The summed E-state index contributed by atoms with van der Waals surface area (Å²) in [6, 6.07) is 5.30. The fraction of sp³-hybridized carbons (Fsp3) is 0.400. The summed E-state index contributed by atoms with van der Waals surface area (Å²) in [4.78, 5) is 0. The summed E-state index contributed by atoms with van der Waals surface area (Å²) in [5, 5.41) is 12.5. The van der Waals surface area contributed by atoms with Crippen LogP contribution in [0.25, 0.3) is 0 Å². The SMILES string of the molecule is COc1cc(O)ccc1C1CNC1. The Kier molecular flexibility index (Phi) is 2.10. The third kappa shape index (κ3) is 1.47. The lowest BCUT2D eigenvalue weighted by molar-refractivity contribution is 0.380. The number of phenolic OH excluding ortho intramolecular Hbond substituents is 1. The molecule has 0 bridgehead atoms. The van der Waals surface area contributed by atoms with Crippen LogP contribution >= 0.6 is 0 Å². The fourth-order valence-corrected chi connectivity index (χ4v) is 1.55. The number of benzene rings is 1. The molecular weight excluding hydrogens is 166 g/mol. The lowest BCUT2D eigenvalue weighted by Crippen LogP contribution is -2.39. The lowest BCUT2D eigenvalue weighted by Gasteiger charge is -2.28. The lowest BCUT2D eigenvalue weighted by atomic mass is 9.93. The topological polar surface area (TPSA) is 41.5 Å². The Morgan fingerprint density at radius 2 is 2.23 bits per heavy atom. The summed E-state index contributed by atoms with van der Waals surface area (Å²) < 4.78 is 5.20. The van der Waals surface area contributed by atoms with E-state index in [0.29, 0.717) is 5.92 Å². The number of hydrogen-bond donors (Lipinski definition) is 2. The van der Waals surface area contributed by atoms with Gasteiger partial charge in [-0.15, -0.1) is 0 Å². The van der Waals surface area contributed by atoms with Crippen LogP contribution in [-0.2, 0) is 0 Å². The van der Waals surface area contributed by atoms with Crippen LogP contribution in [0.4, 0.5) is 0 Å². The van der Waals surface area contributed by atoms with E-state index in [4.69, 9.17) is 4.74 Å². The molecule has 0 aromatic heterocycles. The van der Waals surface area contributed by atoms with Gasteiger partial charge in [-0.1, -0.05) is 6.07 Å². The molecule has 13 heavy (non-hydrogen) atoms. The number of hydrogen-bond acceptors (Lipinski definition) is 3. The molecular formula is C10H13NO2. The summed E-state index contributed by atoms with van der Waals surface area (Å²) in [5.41, 5.74) is 1.18. The Morgan fingerprint density at radius 1 is 1.46 bits per heavy atom. The number of methoxy groups -OCH3 is 1. The summed E-state index contributed by atoms with van der Waals surface area (Å²) in [6.07, 6.45) is 0. The van der Waals surface area contributed by atoms with E-state index in [1.54, 1.807) is 19.2 Å². The first kappa shape index (κ1) is 8.38. The molecule has 1 aromatic carbocycles. The number of ether oxygens (including phenoxy) is 1. The van der Waals surface area contributed by atoms with Crippen LogP contribution in [0.1, 0.15) is 11.5 Å². The van der Waals surface area contributed by atoms with Crippen LogP contribution < -0.4 is 10.1 Å². The van der Waals surface area contributed by atoms with Gasteiger partial charge in [-0.25, -0.2) is 0 Å². The first-order valence-electron chi connectivity index (χ1n) is 4.39. The molecule has 0 saturated carbocycles. The van der Waals surface area contributed by atoms with Crippen molar-refractivity contribution in [3.05, 3.63) is 23.8 Å². The summed E-state index contributed by atoms with van der Waals surface area (Å²) >= 11 is 0. The van der Waals surface area contributed by atoms with Crippen LogP contribution in [0, 0.1) is 0 Å². The zero-order chi connectivity index (χ0) is 9.26. The molecule has 0 spiro atoms. The molecule has 1 aliphatic rings. The maximum absolute atomic E-state index is 9.25. The van der Waals surface area contributed by atoms with Crippen molar-refractivity contribution in [2.75, 3.05) is 20.2 Å². The highest BCUT2D eigenvalue weighted by Crippen LogP contribution is 2.31. The normalized spacial score (nSPS) is 16.7. The predicted molar refractivity (Wildman–Crippen MR) is 50.3 cm³/mol. The number of phenols is 1. The Labute approximate surface area is 77.3 Å². The first-order valence-corrected chi connectivity index (χ1v) is 4.39. The summed E-state index contributed by atoms with van der Waals surface area (Å²) in [7, 11) is 1.63. The molecule has 3 heteroatoms. The van der Waals surface area contributed by atoms with Gasteiger partial charge in [-0.3, -0.25) is 0 Å². The quantitative estimate of drug-likeness (QED) is 0.714. The second-order valence-corrected chi connectivity index (χ2v) is 3.28. The van der Waals surface area contributed by atoms with E-state index in [2.05, 4.69) is 5.32 Å². The van der Waals surface area contributed by atoms with E-state index >= 15 is 0 Å². The number of aromatic hydroxyl groups is 1. The Hall–Kier alpha value is -1.22. The van der Waals surface area contributed by atoms with Gasteiger partial charge in [0.15, 0.2) is 0 Å². The molecule has 70 valence electrons. The zero-order valence-electron chi connectivity index (χ0n) is 7.58. The molecule has 3 nitrogen and oxygen atoms in total. The molecule has 1 saturated heterocycles. The fourth-order valence-electron chi connectivity index (χ4n) is 1.55. The molecule has 0 aliphatic carbocycles. The molecule has 0 amide bonds. The minimum Gasteiger partial charge on any atom is -0.508 e. The predicted octanol–water partition coefficient (Wildman–Crippen LogP) is 1.09. The van der Waals surface area contributed by atoms with Crippen molar-refractivity contribution >= 4 is 0 Å². The smallest absolute Gasteiger partial charge is 0.126 e. The van der Waals surface area contributed by atoms with Crippen molar-refractivity contribution in [1.29, 1.82) is 0 Å². The second kappa shape index (κ2) is 3.26. The molecule has 1 fully saturated rings. The van der Waals surface area contributed by atoms with E-state index in [1.165, 1.54) is 5.56 Å². The molecule has 0 atom stereocenters. The highest BCUT2D eigenvalue weighted by molar-refractivity contribution is 5.43. The van der Waals surface area contributed by atoms with Crippen LogP contribution in [0.2, 0.25) is 0 Å². The van der Waals surface area contributed by atoms with Gasteiger partial charge in [0.05, 0.1) is 7.11 Å². The van der Waals surface area contributed by atoms with E-state index < -0.39 is 0 Å². The number of rotatable bonds is 2. The van der Waals surface area contributed by atoms with Gasteiger partial charge in [-0.2, -0.15) is 0 Å². The Bertz CT molecular complexity index is 308. The van der Waals surface area contributed by atoms with Gasteiger partial charge in [-0.05, 0) is 11.6 Å². The van der Waals surface area contributed by atoms with Gasteiger partial charge in [0, 0.05) is 25.1 Å². The Balaban J connectivity index is 2.32. The molecule has 1 heterocycles. The highest BCUT2D eigenvalue weighted by Gasteiger charge is 2.22. The van der Waals surface area contributed by atoms with Crippen molar-refractivity contribution in [2.45, 2.75) is 5.92 Å². The van der Waals surface area contributed by atoms with Crippen LogP contribution in [0.3, 0.4) is 0 Å². The second-order valence-electron chi connectivity index (χ2n) is 3.28. The average Bonchev–Trinajstić information content (AvgIpc) is 2.05. The van der Waals surface area contributed by atoms with Crippen molar-refractivity contribution in [2.24, 2.45) is 0 Å². The van der Waals surface area contributed by atoms with Gasteiger partial charge < -0.3 is 15.2 Å². The van der Waals surface area contributed by atoms with Gasteiger partial charge in [0.25, 0.3) is 0 Å². The summed E-state index contributed by atoms with van der Waals surface area (Å²) in [6.45, 7) is 2.00. The van der Waals surface area contributed by atoms with Gasteiger partial charge >= 0.3 is 0 Å². The molecule has 1 aliphatic heterocycles. The van der Waals surface area contributed by atoms with E-state index in [9.17, 15) is 5.11 Å². The van der Waals surface area contributed by atoms with Crippen molar-refractivity contribution < 1.29 is 9.84 Å². The van der Waals surface area contributed by atoms with Crippen LogP contribution in [0.15, 0.2) is 18.2 Å². The third-order valence-electron chi connectivity index (χ3n) is 2.44. The summed E-state index contributed by atoms with van der Waals surface area (Å²) in [5.74, 6) is 1.58. The van der Waals surface area contributed by atoms with Gasteiger partial charge in [0.1, 0.15) is 11.5 Å². The monoisotopic (exact) mass is 179 g/mol. The molecule has 2 rings (SSSR count). The van der Waals surface area contributed by atoms with Crippen molar-refractivity contribution in [3.8, 4) is 11.5 Å². The molecule has 1 aromatic rings. The molecule has 0 radical (unpaired) electrons. The first-order chi connectivity index (χ1) is 6.31. The zero-order valence-corrected chi connectivity index (χ0v) is 7.58. The van der Waals surface area contributed by atoms with Crippen molar-refractivity contribution in [3.63, 3.8) is 0 Å². The van der Waals surface area contributed by atoms with Crippen LogP contribution in [0.5, 0.6) is 11.5 Å². The maximum Gasteiger partial charge on any atom is 0.126 e. The number of nitrogens with one attached hydrogen (secondary N) is 1. The Morgan fingerprint density at radius 3 is 2.77 bits per heavy atom. The highest BCUT2D eigenvalue weighted by atomic mass is 16.5. The third-order valence-corrected chi connectivity index (χ3v) is 2.44. The average molecular weight is 179 g/mol. The molecule has 2 N–H and O–H groups in total. The molecule has 0 unspecified atom stereocenters. The van der Waals surface area contributed by atoms with Crippen molar-refractivity contribution in [1.82, 2.24) is 5.32 Å². The largest absolute Gasteiger partial charge is 0.508 e. The minimum atomic E-state index is 0.257. The van der Waals surface area contributed by atoms with E-state index in [0.717, 1.165) is 18.8 Å².